The van der Waals surface area contributed by atoms with Crippen LogP contribution in [0.5, 0.6) is 0 Å². The lowest BCUT2D eigenvalue weighted by molar-refractivity contribution is 0.378. The zero-order chi connectivity index (χ0) is 18.6. The molecule has 0 spiro atoms. The lowest BCUT2D eigenvalue weighted by Crippen LogP contribution is -2.03. The summed E-state index contributed by atoms with van der Waals surface area (Å²) in [6, 6.07) is 10.1. The molecule has 7 nitrogen and oxygen atoms in total. The van der Waals surface area contributed by atoms with Gasteiger partial charge in [-0.2, -0.15) is 9.67 Å². The van der Waals surface area contributed by atoms with Crippen molar-refractivity contribution in [3.63, 3.8) is 0 Å². The summed E-state index contributed by atoms with van der Waals surface area (Å²) in [6.07, 6.45) is 1.63. The fourth-order valence-corrected chi connectivity index (χ4v) is 4.11. The Kier molecular flexibility index (Phi) is 5.30. The Morgan fingerprint density at radius 1 is 1.19 bits per heavy atom. The summed E-state index contributed by atoms with van der Waals surface area (Å²) in [5.74, 6) is 2.18. The first-order chi connectivity index (χ1) is 13.2. The summed E-state index contributed by atoms with van der Waals surface area (Å²) < 4.78 is 7.14. The molecular weight excluding hydrogens is 380 g/mol. The summed E-state index contributed by atoms with van der Waals surface area (Å²) in [5, 5.41) is 19.0. The first-order valence-corrected chi connectivity index (χ1v) is 10.4. The number of rotatable bonds is 7. The van der Waals surface area contributed by atoms with Crippen molar-refractivity contribution in [1.82, 2.24) is 30.3 Å². The maximum Gasteiger partial charge on any atom is 0.227 e. The predicted molar refractivity (Wildman–Crippen MR) is 105 cm³/mol. The van der Waals surface area contributed by atoms with Gasteiger partial charge in [0, 0.05) is 12.2 Å². The van der Waals surface area contributed by atoms with Gasteiger partial charge in [-0.1, -0.05) is 35.1 Å². The van der Waals surface area contributed by atoms with Crippen LogP contribution in [0.1, 0.15) is 23.4 Å². The van der Waals surface area contributed by atoms with E-state index >= 15 is 0 Å². The average molecular weight is 399 g/mol. The highest BCUT2D eigenvalue weighted by atomic mass is 32.2. The zero-order valence-electron chi connectivity index (χ0n) is 15.0. The number of aromatic nitrogens is 6. The van der Waals surface area contributed by atoms with Crippen LogP contribution in [-0.4, -0.2) is 36.1 Å². The molecule has 138 valence electrons. The monoisotopic (exact) mass is 398 g/mol. The molecule has 4 aromatic rings. The normalized spacial score (nSPS) is 11.2. The molecule has 0 aliphatic rings. The molecule has 3 heterocycles. The van der Waals surface area contributed by atoms with Crippen molar-refractivity contribution < 1.29 is 4.52 Å². The van der Waals surface area contributed by atoms with Crippen LogP contribution >= 0.6 is 23.1 Å². The number of hydrogen-bond acceptors (Lipinski definition) is 8. The average Bonchev–Trinajstić information content (AvgIpc) is 3.42. The highest BCUT2D eigenvalue weighted by molar-refractivity contribution is 7.99. The Morgan fingerprint density at radius 3 is 2.96 bits per heavy atom. The van der Waals surface area contributed by atoms with E-state index < -0.39 is 0 Å². The molecule has 0 atom stereocenters. The van der Waals surface area contributed by atoms with Gasteiger partial charge in [0.25, 0.3) is 0 Å². The minimum absolute atomic E-state index is 0.659. The van der Waals surface area contributed by atoms with Crippen LogP contribution < -0.4 is 0 Å². The second kappa shape index (κ2) is 8.01. The summed E-state index contributed by atoms with van der Waals surface area (Å²) in [6.45, 7) is 4.17. The zero-order valence-corrected chi connectivity index (χ0v) is 16.6. The van der Waals surface area contributed by atoms with E-state index in [1.54, 1.807) is 27.8 Å². The molecule has 0 aliphatic carbocycles. The van der Waals surface area contributed by atoms with Gasteiger partial charge < -0.3 is 4.52 Å². The number of hydrogen-bond donors (Lipinski definition) is 0. The van der Waals surface area contributed by atoms with E-state index in [4.69, 9.17) is 4.52 Å². The summed E-state index contributed by atoms with van der Waals surface area (Å²) >= 11 is 3.23. The van der Waals surface area contributed by atoms with Crippen molar-refractivity contribution in [2.24, 2.45) is 0 Å². The molecule has 3 aromatic heterocycles. The maximum absolute atomic E-state index is 5.34. The largest absolute Gasteiger partial charge is 0.339 e. The topological polar surface area (TPSA) is 82.5 Å². The lowest BCUT2D eigenvalue weighted by atomic mass is 10.1. The Balaban J connectivity index is 1.35. The molecule has 0 radical (unpaired) electrons. The molecule has 0 amide bonds. The highest BCUT2D eigenvalue weighted by Crippen LogP contribution is 2.24. The lowest BCUT2D eigenvalue weighted by Gasteiger charge is -2.09. The number of thiophene rings is 1. The van der Waals surface area contributed by atoms with E-state index in [1.165, 1.54) is 11.1 Å². The van der Waals surface area contributed by atoms with E-state index in [0.29, 0.717) is 11.7 Å². The predicted octanol–water partition coefficient (Wildman–Crippen LogP) is 4.12. The molecule has 0 N–H and O–H groups in total. The van der Waals surface area contributed by atoms with Gasteiger partial charge in [0.15, 0.2) is 0 Å². The Hall–Kier alpha value is -2.52. The van der Waals surface area contributed by atoms with Crippen molar-refractivity contribution in [2.75, 3.05) is 5.75 Å². The molecular formula is C18H18N6OS2. The van der Waals surface area contributed by atoms with Gasteiger partial charge in [-0.3, -0.25) is 0 Å². The van der Waals surface area contributed by atoms with Gasteiger partial charge in [-0.15, -0.1) is 16.4 Å². The summed E-state index contributed by atoms with van der Waals surface area (Å²) in [4.78, 5) is 5.47. The van der Waals surface area contributed by atoms with E-state index in [1.807, 2.05) is 29.6 Å². The summed E-state index contributed by atoms with van der Waals surface area (Å²) in [5.41, 5.74) is 3.41. The molecule has 1 aromatic carbocycles. The van der Waals surface area contributed by atoms with E-state index in [2.05, 4.69) is 45.6 Å². The number of tetrazole rings is 1. The van der Waals surface area contributed by atoms with Crippen molar-refractivity contribution in [2.45, 2.75) is 31.8 Å². The van der Waals surface area contributed by atoms with Crippen LogP contribution in [0.4, 0.5) is 0 Å². The Bertz CT molecular complexity index is 1020. The second-order valence-electron chi connectivity index (χ2n) is 6.03. The number of aryl methyl sites for hydroxylation is 2. The minimum Gasteiger partial charge on any atom is -0.339 e. The molecule has 0 fully saturated rings. The van der Waals surface area contributed by atoms with Gasteiger partial charge in [0.05, 0.1) is 10.6 Å². The Labute approximate surface area is 164 Å². The van der Waals surface area contributed by atoms with E-state index in [-0.39, 0.29) is 0 Å². The molecule has 9 heteroatoms. The van der Waals surface area contributed by atoms with Gasteiger partial charge in [0.2, 0.25) is 16.9 Å². The van der Waals surface area contributed by atoms with Crippen molar-refractivity contribution in [3.05, 3.63) is 52.7 Å². The van der Waals surface area contributed by atoms with Crippen LogP contribution in [0.3, 0.4) is 0 Å². The second-order valence-corrected chi connectivity index (χ2v) is 8.04. The van der Waals surface area contributed by atoms with Crippen LogP contribution in [0.25, 0.3) is 16.4 Å². The van der Waals surface area contributed by atoms with Gasteiger partial charge in [-0.25, -0.2) is 0 Å². The van der Waals surface area contributed by atoms with Gasteiger partial charge >= 0.3 is 0 Å². The molecule has 0 aliphatic heterocycles. The fraction of sp³-hybridized carbons (Fsp3) is 0.278. The standard InChI is InChI=1S/C18H18N6OS2/c1-12-6-3-7-14(13(12)2)24-18(20-22-23-24)27-11-5-9-16-19-17(21-25-16)15-8-4-10-26-15/h3-4,6-8,10H,5,9,11H2,1-2H3. The third-order valence-corrected chi connectivity index (χ3v) is 6.09. The first kappa shape index (κ1) is 17.9. The van der Waals surface area contributed by atoms with Gasteiger partial charge in [-0.05, 0) is 59.3 Å². The maximum atomic E-state index is 5.34. The van der Waals surface area contributed by atoms with Gasteiger partial charge in [0.1, 0.15) is 0 Å². The molecule has 4 rings (SSSR count). The van der Waals surface area contributed by atoms with Crippen molar-refractivity contribution in [1.29, 1.82) is 0 Å². The number of nitrogens with zero attached hydrogens (tertiary/aromatic N) is 6. The SMILES string of the molecule is Cc1cccc(-n2nnnc2SCCCc2nc(-c3cccs3)no2)c1C. The first-order valence-electron chi connectivity index (χ1n) is 8.56. The van der Waals surface area contributed by atoms with Crippen LogP contribution in [0, 0.1) is 13.8 Å². The Morgan fingerprint density at radius 2 is 2.11 bits per heavy atom. The third kappa shape index (κ3) is 3.93. The van der Waals surface area contributed by atoms with E-state index in [9.17, 15) is 0 Å². The molecule has 0 saturated heterocycles. The van der Waals surface area contributed by atoms with E-state index in [0.717, 1.165) is 34.3 Å². The number of thioether (sulfide) groups is 1. The van der Waals surface area contributed by atoms with Crippen LogP contribution in [0.15, 0.2) is 45.4 Å². The molecule has 0 bridgehead atoms. The highest BCUT2D eigenvalue weighted by Gasteiger charge is 2.13. The van der Waals surface area contributed by atoms with Crippen LogP contribution in [-0.2, 0) is 6.42 Å². The molecule has 27 heavy (non-hydrogen) atoms. The quantitative estimate of drug-likeness (QED) is 0.342. The number of benzene rings is 1. The smallest absolute Gasteiger partial charge is 0.227 e. The summed E-state index contributed by atoms with van der Waals surface area (Å²) in [7, 11) is 0. The fourth-order valence-electron chi connectivity index (χ4n) is 2.63. The third-order valence-electron chi connectivity index (χ3n) is 4.22. The molecule has 0 saturated carbocycles. The molecule has 0 unspecified atom stereocenters. The minimum atomic E-state index is 0.659. The van der Waals surface area contributed by atoms with Crippen molar-refractivity contribution >= 4 is 23.1 Å². The van der Waals surface area contributed by atoms with Crippen molar-refractivity contribution in [3.8, 4) is 16.4 Å². The van der Waals surface area contributed by atoms with Crippen LogP contribution in [0.2, 0.25) is 0 Å².